The van der Waals surface area contributed by atoms with Gasteiger partial charge in [0.1, 0.15) is 0 Å². The Morgan fingerprint density at radius 1 is 0.750 bits per heavy atom. The van der Waals surface area contributed by atoms with E-state index in [1.54, 1.807) is 0 Å². The van der Waals surface area contributed by atoms with Gasteiger partial charge < -0.3 is 16.0 Å². The molecule has 0 rings (SSSR count). The fourth-order valence-corrected chi connectivity index (χ4v) is 2.10. The Hall–Kier alpha value is -0.790. The molecule has 0 saturated heterocycles. The normalized spacial score (nSPS) is 18.5. The standard InChI is InChI=1S/C11H19F3N4O3S3/c1-15-6(19)10(13,4-23)18-8(21)11(14,5-24)17-7(20)9(12,3-22)16-2/h16,22-24H,3-5H2,1-2H3,(H,15,19)(H,17,20)(H,18,21)/t9-,10-,11-/m1/s1. The number of halogens is 3. The minimum Gasteiger partial charge on any atom is -0.355 e. The van der Waals surface area contributed by atoms with Gasteiger partial charge in [-0.3, -0.25) is 19.7 Å². The van der Waals surface area contributed by atoms with Crippen LogP contribution in [0.5, 0.6) is 0 Å². The fourth-order valence-electron chi connectivity index (χ4n) is 1.36. The Labute approximate surface area is 153 Å². The molecule has 0 bridgehead atoms. The maximum Gasteiger partial charge on any atom is 0.282 e. The van der Waals surface area contributed by atoms with Gasteiger partial charge in [-0.05, 0) is 7.05 Å². The van der Waals surface area contributed by atoms with Crippen molar-refractivity contribution in [1.82, 2.24) is 21.3 Å². The number of rotatable bonds is 9. The van der Waals surface area contributed by atoms with E-state index in [2.05, 4.69) is 37.9 Å². The highest BCUT2D eigenvalue weighted by atomic mass is 32.1. The molecule has 0 aromatic rings. The van der Waals surface area contributed by atoms with Gasteiger partial charge in [0.15, 0.2) is 0 Å². The van der Waals surface area contributed by atoms with Crippen molar-refractivity contribution in [2.24, 2.45) is 0 Å². The SMILES string of the molecule is CNC(=O)[C@@](F)(CS)NC(=O)[C@@](F)(CS)NC(=O)[C@@](F)(CS)NC. The second-order valence-electron chi connectivity index (χ2n) is 4.62. The second-order valence-corrected chi connectivity index (χ2v) is 5.56. The summed E-state index contributed by atoms with van der Waals surface area (Å²) in [6.45, 7) is 0. The number of carbonyl (C=O) groups excluding carboxylic acids is 3. The van der Waals surface area contributed by atoms with Gasteiger partial charge in [0.05, 0.1) is 11.5 Å². The quantitative estimate of drug-likeness (QED) is 0.196. The molecule has 0 aliphatic heterocycles. The zero-order valence-electron chi connectivity index (χ0n) is 12.8. The molecule has 0 fully saturated rings. The number of amides is 3. The largest absolute Gasteiger partial charge is 0.355 e. The zero-order valence-corrected chi connectivity index (χ0v) is 15.5. The third-order valence-electron chi connectivity index (χ3n) is 2.98. The molecular weight excluding hydrogens is 389 g/mol. The summed E-state index contributed by atoms with van der Waals surface area (Å²) in [5, 5.41) is 6.87. The smallest absolute Gasteiger partial charge is 0.282 e. The molecule has 4 N–H and O–H groups in total. The molecule has 0 spiro atoms. The first-order chi connectivity index (χ1) is 11.0. The van der Waals surface area contributed by atoms with Crippen LogP contribution in [0, 0.1) is 0 Å². The molecule has 0 aliphatic carbocycles. The van der Waals surface area contributed by atoms with E-state index < -0.39 is 52.4 Å². The molecule has 3 amide bonds. The molecule has 140 valence electrons. The van der Waals surface area contributed by atoms with Crippen molar-refractivity contribution >= 4 is 55.6 Å². The minimum atomic E-state index is -3.29. The van der Waals surface area contributed by atoms with Crippen LogP contribution in [0.1, 0.15) is 0 Å². The lowest BCUT2D eigenvalue weighted by molar-refractivity contribution is -0.150. The van der Waals surface area contributed by atoms with Crippen LogP contribution in [0.15, 0.2) is 0 Å². The maximum atomic E-state index is 14.6. The molecular formula is C11H19F3N4O3S3. The van der Waals surface area contributed by atoms with E-state index in [9.17, 15) is 27.6 Å². The predicted octanol–water partition coefficient (Wildman–Crippen LogP) is -1.03. The number of nitrogens with one attached hydrogen (secondary N) is 4. The molecule has 3 atom stereocenters. The molecule has 0 unspecified atom stereocenters. The molecule has 13 heteroatoms. The van der Waals surface area contributed by atoms with Crippen molar-refractivity contribution < 1.29 is 27.6 Å². The van der Waals surface area contributed by atoms with Crippen molar-refractivity contribution in [1.29, 1.82) is 0 Å². The lowest BCUT2D eigenvalue weighted by Crippen LogP contribution is -2.67. The summed E-state index contributed by atoms with van der Waals surface area (Å²) in [5.74, 6) is -16.1. The molecule has 7 nitrogen and oxygen atoms in total. The first kappa shape index (κ1) is 23.2. The van der Waals surface area contributed by atoms with E-state index in [1.165, 1.54) is 10.6 Å². The highest BCUT2D eigenvalue weighted by Crippen LogP contribution is 2.18. The molecule has 0 saturated carbocycles. The van der Waals surface area contributed by atoms with Crippen molar-refractivity contribution in [3.05, 3.63) is 0 Å². The molecule has 0 aliphatic rings. The highest BCUT2D eigenvalue weighted by Gasteiger charge is 2.49. The monoisotopic (exact) mass is 408 g/mol. The number of likely N-dealkylation sites (N-methyl/N-ethyl adjacent to an activating group) is 2. The Balaban J connectivity index is 5.39. The van der Waals surface area contributed by atoms with Gasteiger partial charge in [0.25, 0.3) is 29.3 Å². The van der Waals surface area contributed by atoms with Gasteiger partial charge in [-0.1, -0.05) is 0 Å². The molecule has 0 aromatic heterocycles. The number of thiol groups is 3. The van der Waals surface area contributed by atoms with Crippen LogP contribution in [0.4, 0.5) is 13.2 Å². The van der Waals surface area contributed by atoms with Crippen molar-refractivity contribution in [3.63, 3.8) is 0 Å². The summed E-state index contributed by atoms with van der Waals surface area (Å²) in [6.07, 6.45) is 0. The van der Waals surface area contributed by atoms with Crippen LogP contribution in [0.3, 0.4) is 0 Å². The predicted molar refractivity (Wildman–Crippen MR) is 92.5 cm³/mol. The number of hydrogen-bond donors (Lipinski definition) is 7. The number of hydrogen-bond acceptors (Lipinski definition) is 7. The molecule has 0 heterocycles. The number of alkyl halides is 3. The van der Waals surface area contributed by atoms with Crippen molar-refractivity contribution in [2.45, 2.75) is 17.4 Å². The molecule has 24 heavy (non-hydrogen) atoms. The Kier molecular flexibility index (Phi) is 8.76. The van der Waals surface area contributed by atoms with E-state index in [0.29, 0.717) is 0 Å². The lowest BCUT2D eigenvalue weighted by Gasteiger charge is -2.31. The summed E-state index contributed by atoms with van der Waals surface area (Å²) in [7, 11) is 2.17. The van der Waals surface area contributed by atoms with Crippen LogP contribution in [0.25, 0.3) is 0 Å². The molecule has 0 radical (unpaired) electrons. The molecule has 0 aromatic carbocycles. The first-order valence-electron chi connectivity index (χ1n) is 6.44. The van der Waals surface area contributed by atoms with Crippen molar-refractivity contribution in [2.75, 3.05) is 31.4 Å². The van der Waals surface area contributed by atoms with Gasteiger partial charge >= 0.3 is 0 Å². The van der Waals surface area contributed by atoms with Gasteiger partial charge in [0, 0.05) is 12.8 Å². The summed E-state index contributed by atoms with van der Waals surface area (Å²) in [6, 6.07) is 0. The summed E-state index contributed by atoms with van der Waals surface area (Å²) < 4.78 is 43.0. The topological polar surface area (TPSA) is 99.3 Å². The van der Waals surface area contributed by atoms with Gasteiger partial charge in [-0.25, -0.2) is 13.2 Å². The van der Waals surface area contributed by atoms with Crippen LogP contribution in [0.2, 0.25) is 0 Å². The van der Waals surface area contributed by atoms with E-state index in [-0.39, 0.29) is 0 Å². The average Bonchev–Trinajstić information content (AvgIpc) is 2.59. The van der Waals surface area contributed by atoms with E-state index in [4.69, 9.17) is 0 Å². The fraction of sp³-hybridized carbons (Fsp3) is 0.727. The summed E-state index contributed by atoms with van der Waals surface area (Å²) in [5.41, 5.74) is 0. The Morgan fingerprint density at radius 2 is 1.08 bits per heavy atom. The van der Waals surface area contributed by atoms with E-state index >= 15 is 0 Å². The van der Waals surface area contributed by atoms with Crippen LogP contribution in [-0.4, -0.2) is 66.5 Å². The second kappa shape index (κ2) is 9.06. The lowest BCUT2D eigenvalue weighted by atomic mass is 10.1. The van der Waals surface area contributed by atoms with Crippen LogP contribution in [-0.2, 0) is 14.4 Å². The summed E-state index contributed by atoms with van der Waals surface area (Å²) >= 11 is 10.8. The Bertz CT molecular complexity index is 498. The average molecular weight is 408 g/mol. The number of carbonyl (C=O) groups is 3. The van der Waals surface area contributed by atoms with E-state index in [0.717, 1.165) is 14.1 Å². The zero-order chi connectivity index (χ0) is 19.2. The maximum absolute atomic E-state index is 14.6. The highest BCUT2D eigenvalue weighted by molar-refractivity contribution is 7.80. The van der Waals surface area contributed by atoms with Gasteiger partial charge in [-0.2, -0.15) is 37.9 Å². The third-order valence-corrected chi connectivity index (χ3v) is 4.29. The third kappa shape index (κ3) is 5.10. The summed E-state index contributed by atoms with van der Waals surface area (Å²) in [4.78, 5) is 35.2. The minimum absolute atomic E-state index is 0.665. The first-order valence-corrected chi connectivity index (χ1v) is 8.34. The van der Waals surface area contributed by atoms with Gasteiger partial charge in [0.2, 0.25) is 5.79 Å². The van der Waals surface area contributed by atoms with Crippen molar-refractivity contribution in [3.8, 4) is 0 Å². The van der Waals surface area contributed by atoms with Crippen LogP contribution < -0.4 is 21.3 Å². The van der Waals surface area contributed by atoms with Crippen LogP contribution >= 0.6 is 37.9 Å². The Morgan fingerprint density at radius 3 is 1.38 bits per heavy atom. The van der Waals surface area contributed by atoms with E-state index in [1.807, 2.05) is 10.6 Å². The van der Waals surface area contributed by atoms with Gasteiger partial charge in [-0.15, -0.1) is 0 Å².